The number of carboxylic acids is 1. The summed E-state index contributed by atoms with van der Waals surface area (Å²) in [5.74, 6) is -3.15. The molecule has 0 fully saturated rings. The van der Waals surface area contributed by atoms with Crippen molar-refractivity contribution in [3.63, 3.8) is 0 Å². The number of hydrogen-bond donors (Lipinski definition) is 3. The molecule has 0 bridgehead atoms. The summed E-state index contributed by atoms with van der Waals surface area (Å²) < 4.78 is 29.7. The summed E-state index contributed by atoms with van der Waals surface area (Å²) in [7, 11) is 1.62. The van der Waals surface area contributed by atoms with Crippen LogP contribution in [0.1, 0.15) is 43.1 Å². The van der Waals surface area contributed by atoms with Crippen LogP contribution >= 0.6 is 0 Å². The third kappa shape index (κ3) is 6.24. The number of aromatic carboxylic acids is 1. The van der Waals surface area contributed by atoms with Gasteiger partial charge in [0, 0.05) is 36.6 Å². The maximum absolute atomic E-state index is 13.6. The number of anilines is 2. The molecule has 0 aliphatic carbocycles. The lowest BCUT2D eigenvalue weighted by Gasteiger charge is -2.08. The van der Waals surface area contributed by atoms with Crippen LogP contribution in [-0.2, 0) is 13.6 Å². The molecule has 12 heteroatoms. The van der Waals surface area contributed by atoms with Gasteiger partial charge in [-0.2, -0.15) is 0 Å². The summed E-state index contributed by atoms with van der Waals surface area (Å²) in [4.78, 5) is 46.0. The molecule has 0 saturated carbocycles. The van der Waals surface area contributed by atoms with Gasteiger partial charge in [0.15, 0.2) is 11.6 Å². The number of rotatable bonds is 9. The van der Waals surface area contributed by atoms with Crippen LogP contribution in [-0.4, -0.2) is 42.9 Å². The van der Waals surface area contributed by atoms with Crippen LogP contribution in [0.15, 0.2) is 71.7 Å². The number of aromatic nitrogens is 4. The van der Waals surface area contributed by atoms with E-state index < -0.39 is 29.1 Å². The average molecular weight is 599 g/mol. The highest BCUT2D eigenvalue weighted by atomic mass is 19.2. The highest BCUT2D eigenvalue weighted by molar-refractivity contribution is 5.95. The van der Waals surface area contributed by atoms with Crippen LogP contribution in [0.4, 0.5) is 20.4 Å². The summed E-state index contributed by atoms with van der Waals surface area (Å²) in [5, 5.41) is 15.8. The summed E-state index contributed by atoms with van der Waals surface area (Å²) in [6.45, 7) is 3.50. The molecule has 5 aromatic rings. The molecule has 224 valence electrons. The van der Waals surface area contributed by atoms with Crippen molar-refractivity contribution in [2.45, 2.75) is 20.4 Å². The third-order valence-electron chi connectivity index (χ3n) is 7.21. The van der Waals surface area contributed by atoms with E-state index in [2.05, 4.69) is 20.6 Å². The van der Waals surface area contributed by atoms with Gasteiger partial charge in [0.25, 0.3) is 11.5 Å². The van der Waals surface area contributed by atoms with Crippen molar-refractivity contribution in [2.75, 3.05) is 11.9 Å². The first-order chi connectivity index (χ1) is 21.0. The Kier molecular flexibility index (Phi) is 8.34. The maximum atomic E-state index is 13.6. The van der Waals surface area contributed by atoms with Crippen LogP contribution in [0.3, 0.4) is 0 Å². The second-order valence-electron chi connectivity index (χ2n) is 10.2. The molecule has 0 unspecified atom stereocenters. The molecule has 0 spiro atoms. The first-order valence-electron chi connectivity index (χ1n) is 13.5. The van der Waals surface area contributed by atoms with Gasteiger partial charge >= 0.3 is 5.97 Å². The number of aryl methyl sites for hydroxylation is 1. The largest absolute Gasteiger partial charge is 0.478 e. The van der Waals surface area contributed by atoms with E-state index in [-0.39, 0.29) is 24.2 Å². The first-order valence-corrected chi connectivity index (χ1v) is 13.5. The standard InChI is InChI=1S/C32H28F2N6O4/c1-18-13-23(8-9-24(18)31(43)44)37-32-36-16-22-14-20(7-11-27(22)38-32)5-4-12-35-29(41)28-19(2)39(3)40(30(28)42)17-21-6-10-25(33)26(34)15-21/h4-11,13-16H,12,17H2,1-3H3,(H,35,41)(H,43,44)(H,36,37,38). The van der Waals surface area contributed by atoms with Gasteiger partial charge in [-0.15, -0.1) is 0 Å². The van der Waals surface area contributed by atoms with Crippen molar-refractivity contribution in [3.8, 4) is 0 Å². The zero-order valence-corrected chi connectivity index (χ0v) is 24.1. The summed E-state index contributed by atoms with van der Waals surface area (Å²) >= 11 is 0. The number of nitrogens with zero attached hydrogens (tertiary/aromatic N) is 4. The van der Waals surface area contributed by atoms with Gasteiger partial charge in [-0.05, 0) is 73.0 Å². The maximum Gasteiger partial charge on any atom is 0.335 e. The lowest BCUT2D eigenvalue weighted by Crippen LogP contribution is -2.31. The summed E-state index contributed by atoms with van der Waals surface area (Å²) in [5.41, 5.74) is 3.33. The minimum Gasteiger partial charge on any atom is -0.478 e. The Bertz CT molecular complexity index is 2010. The Hall–Kier alpha value is -5.65. The predicted molar refractivity (Wildman–Crippen MR) is 162 cm³/mol. The predicted octanol–water partition coefficient (Wildman–Crippen LogP) is 4.96. The van der Waals surface area contributed by atoms with Crippen molar-refractivity contribution in [1.29, 1.82) is 0 Å². The molecular formula is C32H28F2N6O4. The van der Waals surface area contributed by atoms with Gasteiger partial charge < -0.3 is 15.7 Å². The van der Waals surface area contributed by atoms with Crippen molar-refractivity contribution in [1.82, 2.24) is 24.6 Å². The number of hydrogen-bond acceptors (Lipinski definition) is 6. The van der Waals surface area contributed by atoms with E-state index in [1.54, 1.807) is 45.3 Å². The number of fused-ring (bicyclic) bond motifs is 1. The van der Waals surface area contributed by atoms with E-state index in [9.17, 15) is 28.3 Å². The zero-order valence-electron chi connectivity index (χ0n) is 24.1. The molecule has 3 aromatic carbocycles. The van der Waals surface area contributed by atoms with Crippen LogP contribution in [0.2, 0.25) is 0 Å². The molecule has 0 radical (unpaired) electrons. The van der Waals surface area contributed by atoms with E-state index in [4.69, 9.17) is 0 Å². The van der Waals surface area contributed by atoms with Crippen LogP contribution in [0, 0.1) is 25.5 Å². The normalized spacial score (nSPS) is 11.3. The quantitative estimate of drug-likeness (QED) is 0.219. The van der Waals surface area contributed by atoms with Gasteiger partial charge in [-0.3, -0.25) is 14.3 Å². The summed E-state index contributed by atoms with van der Waals surface area (Å²) in [6.07, 6.45) is 5.24. The molecule has 5 rings (SSSR count). The molecule has 44 heavy (non-hydrogen) atoms. The second kappa shape index (κ2) is 12.3. The number of benzene rings is 3. The van der Waals surface area contributed by atoms with Crippen molar-refractivity contribution in [3.05, 3.63) is 122 Å². The molecule has 2 heterocycles. The van der Waals surface area contributed by atoms with Crippen LogP contribution < -0.4 is 16.2 Å². The Labute approximate surface area is 250 Å². The minimum absolute atomic E-state index is 0.0243. The number of carbonyl (C=O) groups excluding carboxylic acids is 1. The molecular weight excluding hydrogens is 570 g/mol. The van der Waals surface area contributed by atoms with Crippen molar-refractivity contribution >= 4 is 40.5 Å². The Morgan fingerprint density at radius 1 is 1.02 bits per heavy atom. The molecule has 0 atom stereocenters. The zero-order chi connectivity index (χ0) is 31.5. The first kappa shape index (κ1) is 29.8. The van der Waals surface area contributed by atoms with E-state index in [1.807, 2.05) is 24.3 Å². The van der Waals surface area contributed by atoms with Gasteiger partial charge in [0.2, 0.25) is 5.95 Å². The van der Waals surface area contributed by atoms with E-state index in [0.717, 1.165) is 23.1 Å². The molecule has 10 nitrogen and oxygen atoms in total. The monoisotopic (exact) mass is 598 g/mol. The van der Waals surface area contributed by atoms with Crippen molar-refractivity contribution < 1.29 is 23.5 Å². The molecule has 0 aliphatic heterocycles. The van der Waals surface area contributed by atoms with Gasteiger partial charge in [0.1, 0.15) is 5.56 Å². The molecule has 1 amide bonds. The smallest absolute Gasteiger partial charge is 0.335 e. The van der Waals surface area contributed by atoms with E-state index in [1.165, 1.54) is 21.5 Å². The Morgan fingerprint density at radius 3 is 2.55 bits per heavy atom. The van der Waals surface area contributed by atoms with E-state index in [0.29, 0.717) is 34.0 Å². The fourth-order valence-corrected chi connectivity index (χ4v) is 4.77. The highest BCUT2D eigenvalue weighted by Crippen LogP contribution is 2.21. The Balaban J connectivity index is 1.22. The fraction of sp³-hybridized carbons (Fsp3) is 0.156. The number of halogens is 2. The molecule has 0 aliphatic rings. The minimum atomic E-state index is -1.01. The Morgan fingerprint density at radius 2 is 1.82 bits per heavy atom. The molecule has 0 saturated heterocycles. The third-order valence-corrected chi connectivity index (χ3v) is 7.21. The van der Waals surface area contributed by atoms with Gasteiger partial charge in [0.05, 0.1) is 17.6 Å². The van der Waals surface area contributed by atoms with E-state index >= 15 is 0 Å². The van der Waals surface area contributed by atoms with Crippen LogP contribution in [0.25, 0.3) is 17.0 Å². The number of nitrogens with one attached hydrogen (secondary N) is 2. The molecule has 3 N–H and O–H groups in total. The number of carboxylic acid groups (broad SMARTS) is 1. The summed E-state index contributed by atoms with van der Waals surface area (Å²) in [6, 6.07) is 13.9. The topological polar surface area (TPSA) is 131 Å². The number of amides is 1. The second-order valence-corrected chi connectivity index (χ2v) is 10.2. The highest BCUT2D eigenvalue weighted by Gasteiger charge is 2.21. The SMILES string of the molecule is Cc1cc(Nc2ncc3cc(C=CCNC(=O)c4c(C)n(C)n(Cc5ccc(F)c(F)c5)c4=O)ccc3n2)ccc1C(=O)O. The van der Waals surface area contributed by atoms with Gasteiger partial charge in [-0.25, -0.2) is 28.2 Å². The van der Waals surface area contributed by atoms with Crippen molar-refractivity contribution in [2.24, 2.45) is 7.05 Å². The lowest BCUT2D eigenvalue weighted by atomic mass is 10.1. The fourth-order valence-electron chi connectivity index (χ4n) is 4.77. The number of carbonyl (C=O) groups is 2. The van der Waals surface area contributed by atoms with Crippen LogP contribution in [0.5, 0.6) is 0 Å². The molecule has 2 aromatic heterocycles. The lowest BCUT2D eigenvalue weighted by molar-refractivity contribution is 0.0695. The van der Waals surface area contributed by atoms with Gasteiger partial charge in [-0.1, -0.05) is 24.3 Å². The average Bonchev–Trinajstić information content (AvgIpc) is 3.19.